The summed E-state index contributed by atoms with van der Waals surface area (Å²) in [6, 6.07) is 0. The van der Waals surface area contributed by atoms with E-state index in [1.165, 1.54) is 4.90 Å². The summed E-state index contributed by atoms with van der Waals surface area (Å²) in [5, 5.41) is 17.2. The molecule has 0 aromatic rings. The standard InChI is InChI=1S/C4H7N3O.2ClH.Zn/c1-7-2-3(8)6-4(7)5;;;/h2H2,1H3,(H2,5,6,8);2*1H;/q;;;+2/p-2. The van der Waals surface area contributed by atoms with E-state index in [2.05, 4.69) is 4.99 Å². The number of hydrogen-bond acceptors (Lipinski definition) is 2. The molecular formula is C4H7Cl2N3OZn. The topological polar surface area (TPSA) is 62.5 Å². The van der Waals surface area contributed by atoms with Gasteiger partial charge in [-0.2, -0.15) is 0 Å². The van der Waals surface area contributed by atoms with Crippen LogP contribution in [-0.4, -0.2) is 30.3 Å². The third-order valence-corrected chi connectivity index (χ3v) is 0.965. The van der Waals surface area contributed by atoms with Crippen LogP contribution in [-0.2, 0) is 19.5 Å². The molecule has 0 bridgehead atoms. The van der Waals surface area contributed by atoms with Crippen LogP contribution in [0.2, 0.25) is 0 Å². The third-order valence-electron chi connectivity index (χ3n) is 0.965. The summed E-state index contributed by atoms with van der Waals surface area (Å²) in [5.74, 6) is -0.160. The van der Waals surface area contributed by atoms with Crippen LogP contribution < -0.4 is 17.5 Å². The molecule has 60 valence electrons. The number of halogens is 2. The van der Waals surface area contributed by atoms with E-state index in [1.807, 2.05) is 0 Å². The van der Waals surface area contributed by atoms with Crippen molar-refractivity contribution in [1.29, 1.82) is 5.41 Å². The van der Waals surface area contributed by atoms with Gasteiger partial charge >= 0.3 is 19.5 Å². The van der Waals surface area contributed by atoms with Gasteiger partial charge in [-0.3, -0.25) is 5.41 Å². The monoisotopic (exact) mass is 247 g/mol. The minimum Gasteiger partial charge on any atom is -1.00 e. The first-order valence-electron chi connectivity index (χ1n) is 2.24. The Morgan fingerprint density at radius 1 is 1.64 bits per heavy atom. The Morgan fingerprint density at radius 2 is 2.09 bits per heavy atom. The Labute approximate surface area is 90.2 Å². The van der Waals surface area contributed by atoms with Crippen molar-refractivity contribution in [3.63, 3.8) is 0 Å². The average Bonchev–Trinajstić information content (AvgIpc) is 1.85. The van der Waals surface area contributed by atoms with Gasteiger partial charge in [-0.05, 0) is 5.90 Å². The maximum Gasteiger partial charge on any atom is 2.00 e. The number of rotatable bonds is 0. The van der Waals surface area contributed by atoms with Gasteiger partial charge in [0.2, 0.25) is 5.96 Å². The number of nitrogens with one attached hydrogen (secondary N) is 1. The Balaban J connectivity index is -0.000000213. The Bertz CT molecular complexity index is 163. The molecule has 0 atom stereocenters. The molecule has 1 aliphatic rings. The first-order chi connectivity index (χ1) is 3.70. The summed E-state index contributed by atoms with van der Waals surface area (Å²) in [6.07, 6.45) is 0. The predicted octanol–water partition coefficient (Wildman–Crippen LogP) is -3.95. The van der Waals surface area contributed by atoms with Crippen LogP contribution in [0, 0.1) is 5.41 Å². The number of hydrogen-bond donors (Lipinski definition) is 1. The molecule has 0 unspecified atom stereocenters. The maximum atomic E-state index is 10.3. The van der Waals surface area contributed by atoms with Crippen LogP contribution in [0.1, 0.15) is 0 Å². The third kappa shape index (κ3) is 4.56. The second-order valence-corrected chi connectivity index (χ2v) is 1.69. The average molecular weight is 249 g/mol. The molecule has 1 heterocycles. The molecule has 0 saturated carbocycles. The summed E-state index contributed by atoms with van der Waals surface area (Å²) in [4.78, 5) is 4.83. The van der Waals surface area contributed by atoms with Crippen LogP contribution in [0.25, 0.3) is 0 Å². The normalized spacial score (nSPS) is 14.1. The summed E-state index contributed by atoms with van der Waals surface area (Å²) in [5.41, 5.74) is 0. The van der Waals surface area contributed by atoms with Crippen molar-refractivity contribution in [3.05, 3.63) is 0 Å². The van der Waals surface area contributed by atoms with Crippen molar-refractivity contribution >= 4 is 24.3 Å². The van der Waals surface area contributed by atoms with E-state index < -0.39 is 0 Å². The van der Waals surface area contributed by atoms with E-state index in [0.717, 1.165) is 0 Å². The second kappa shape index (κ2) is 6.83. The fourth-order valence-corrected chi connectivity index (χ4v) is 0.517. The molecule has 0 aliphatic carbocycles. The summed E-state index contributed by atoms with van der Waals surface area (Å²) < 4.78 is 0. The van der Waals surface area contributed by atoms with Crippen LogP contribution in [0.4, 0.5) is 0 Å². The maximum absolute atomic E-state index is 10.3. The van der Waals surface area contributed by atoms with Gasteiger partial charge in [0.15, 0.2) is 0 Å². The van der Waals surface area contributed by atoms with E-state index >= 15 is 0 Å². The van der Waals surface area contributed by atoms with E-state index in [0.29, 0.717) is 0 Å². The minimum absolute atomic E-state index is 0. The molecule has 0 fully saturated rings. The Hall–Kier alpha value is 0.143. The first kappa shape index (κ1) is 17.3. The van der Waals surface area contributed by atoms with Gasteiger partial charge < -0.3 is 22.4 Å². The zero-order valence-corrected chi connectivity index (χ0v) is 10.5. The fourth-order valence-electron chi connectivity index (χ4n) is 0.517. The predicted molar refractivity (Wildman–Crippen MR) is 35.0 cm³/mol. The van der Waals surface area contributed by atoms with Crippen LogP contribution >= 0.6 is 12.4 Å². The summed E-state index contributed by atoms with van der Waals surface area (Å²) in [6.45, 7) is 0.263. The molecule has 0 spiro atoms. The zero-order chi connectivity index (χ0) is 6.15. The van der Waals surface area contributed by atoms with Crippen molar-refractivity contribution in [2.45, 2.75) is 0 Å². The van der Waals surface area contributed by atoms with Crippen molar-refractivity contribution in [1.82, 2.24) is 4.90 Å². The summed E-state index contributed by atoms with van der Waals surface area (Å²) >= 11 is 0. The molecule has 0 radical (unpaired) electrons. The Morgan fingerprint density at radius 3 is 2.18 bits per heavy atom. The molecule has 1 aliphatic heterocycles. The van der Waals surface area contributed by atoms with Gasteiger partial charge in [-0.25, -0.2) is 4.99 Å². The van der Waals surface area contributed by atoms with Gasteiger partial charge in [0.05, 0.1) is 0 Å². The van der Waals surface area contributed by atoms with E-state index in [1.54, 1.807) is 7.05 Å². The molecular weight excluding hydrogens is 242 g/mol. The molecule has 1 N–H and O–H groups in total. The van der Waals surface area contributed by atoms with Gasteiger partial charge in [-0.1, -0.05) is 0 Å². The minimum atomic E-state index is -0.225. The summed E-state index contributed by atoms with van der Waals surface area (Å²) in [7, 11) is 1.66. The van der Waals surface area contributed by atoms with Gasteiger partial charge in [-0.15, -0.1) is 12.4 Å². The molecule has 0 aromatic heterocycles. The second-order valence-electron chi connectivity index (χ2n) is 1.69. The molecule has 0 amide bonds. The molecule has 0 saturated heterocycles. The van der Waals surface area contributed by atoms with Gasteiger partial charge in [0.25, 0.3) is 0 Å². The van der Waals surface area contributed by atoms with Gasteiger partial charge in [0.1, 0.15) is 0 Å². The molecule has 7 heteroatoms. The number of aliphatic imine (C=N–C) groups is 1. The Kier molecular flexibility index (Phi) is 10.7. The molecule has 4 nitrogen and oxygen atoms in total. The number of nitrogens with zero attached hydrogens (tertiary/aromatic N) is 2. The largest absolute Gasteiger partial charge is 2.00 e. The number of guanidine groups is 1. The van der Waals surface area contributed by atoms with Crippen LogP contribution in [0.3, 0.4) is 0 Å². The SMILES string of the molecule is CN1CC([O-])=NC1=N.Cl.[Cl-].[Zn+2]. The van der Waals surface area contributed by atoms with Crippen molar-refractivity contribution in [3.8, 4) is 0 Å². The van der Waals surface area contributed by atoms with E-state index in [-0.39, 0.29) is 62.7 Å². The number of likely N-dealkylation sites (N-methyl/N-ethyl adjacent to an activating group) is 1. The van der Waals surface area contributed by atoms with Crippen LogP contribution in [0.15, 0.2) is 4.99 Å². The molecule has 1 rings (SSSR count). The first-order valence-corrected chi connectivity index (χ1v) is 2.24. The van der Waals surface area contributed by atoms with E-state index in [9.17, 15) is 5.11 Å². The van der Waals surface area contributed by atoms with E-state index in [4.69, 9.17) is 5.41 Å². The van der Waals surface area contributed by atoms with Crippen LogP contribution in [0.5, 0.6) is 0 Å². The molecule has 11 heavy (non-hydrogen) atoms. The van der Waals surface area contributed by atoms with Crippen molar-refractivity contribution < 1.29 is 37.0 Å². The molecule has 0 aromatic carbocycles. The van der Waals surface area contributed by atoms with Crippen molar-refractivity contribution in [2.24, 2.45) is 4.99 Å². The van der Waals surface area contributed by atoms with Gasteiger partial charge in [0, 0.05) is 13.6 Å². The zero-order valence-electron chi connectivity index (χ0n) is 6.00. The quantitative estimate of drug-likeness (QED) is 0.446. The van der Waals surface area contributed by atoms with Crippen molar-refractivity contribution in [2.75, 3.05) is 13.6 Å². The fraction of sp³-hybridized carbons (Fsp3) is 0.500. The smallest absolute Gasteiger partial charge is 1.00 e.